The van der Waals surface area contributed by atoms with Gasteiger partial charge in [0.2, 0.25) is 0 Å². The third-order valence-corrected chi connectivity index (χ3v) is 4.46. The van der Waals surface area contributed by atoms with Crippen LogP contribution in [-0.2, 0) is 6.42 Å². The lowest BCUT2D eigenvalue weighted by atomic mass is 9.74. The number of rotatable bonds is 3. The van der Waals surface area contributed by atoms with Crippen LogP contribution in [0.15, 0.2) is 30.5 Å². The molecule has 2 amide bonds. The number of aromatic nitrogens is 2. The van der Waals surface area contributed by atoms with Crippen LogP contribution >= 0.6 is 0 Å². The minimum atomic E-state index is -0.289. The van der Waals surface area contributed by atoms with E-state index in [1.807, 2.05) is 19.9 Å². The Kier molecular flexibility index (Phi) is 4.54. The first-order chi connectivity index (χ1) is 11.7. The Balaban J connectivity index is 1.95. The summed E-state index contributed by atoms with van der Waals surface area (Å²) in [6.45, 7) is 8.21. The van der Waals surface area contributed by atoms with Crippen LogP contribution in [0.5, 0.6) is 0 Å². The lowest BCUT2D eigenvalue weighted by Gasteiger charge is -2.36. The molecule has 5 nitrogen and oxygen atoms in total. The second-order valence-electron chi connectivity index (χ2n) is 7.81. The molecular formula is C19H25FN4O. The number of hydrogen-bond acceptors (Lipinski definition) is 2. The van der Waals surface area contributed by atoms with Gasteiger partial charge in [-0.15, -0.1) is 0 Å². The van der Waals surface area contributed by atoms with E-state index in [0.29, 0.717) is 5.69 Å². The lowest BCUT2D eigenvalue weighted by molar-refractivity contribution is 0.219. The van der Waals surface area contributed by atoms with Crippen LogP contribution in [0.4, 0.5) is 9.18 Å². The first kappa shape index (κ1) is 17.5. The molecule has 0 saturated carbocycles. The first-order valence-corrected chi connectivity index (χ1v) is 8.65. The summed E-state index contributed by atoms with van der Waals surface area (Å²) in [6, 6.07) is 6.20. The van der Waals surface area contributed by atoms with Crippen molar-refractivity contribution < 1.29 is 9.18 Å². The second kappa shape index (κ2) is 6.50. The predicted octanol–water partition coefficient (Wildman–Crippen LogP) is 3.73. The topological polar surface area (TPSA) is 59.0 Å². The zero-order valence-electron chi connectivity index (χ0n) is 15.1. The molecule has 0 fully saturated rings. The Morgan fingerprint density at radius 1 is 1.40 bits per heavy atom. The SMILES string of the molecule is CC(C)NC(=O)N[C@@H]1CC(C)(C)Cc2c1cnn2-c1cccc(F)c1. The van der Waals surface area contributed by atoms with Crippen LogP contribution < -0.4 is 10.6 Å². The molecule has 1 heterocycles. The molecule has 2 N–H and O–H groups in total. The molecule has 0 saturated heterocycles. The maximum absolute atomic E-state index is 13.6. The van der Waals surface area contributed by atoms with Crippen molar-refractivity contribution in [2.45, 2.75) is 52.6 Å². The van der Waals surface area contributed by atoms with Gasteiger partial charge in [0.25, 0.3) is 0 Å². The van der Waals surface area contributed by atoms with Gasteiger partial charge in [-0.2, -0.15) is 5.10 Å². The van der Waals surface area contributed by atoms with Gasteiger partial charge in [0, 0.05) is 11.6 Å². The number of halogens is 1. The zero-order chi connectivity index (χ0) is 18.2. The summed E-state index contributed by atoms with van der Waals surface area (Å²) in [6.07, 6.45) is 3.44. The fraction of sp³-hybridized carbons (Fsp3) is 0.474. The Morgan fingerprint density at radius 3 is 2.84 bits per heavy atom. The summed E-state index contributed by atoms with van der Waals surface area (Å²) in [7, 11) is 0. The van der Waals surface area contributed by atoms with Gasteiger partial charge in [-0.25, -0.2) is 13.9 Å². The Hall–Kier alpha value is -2.37. The van der Waals surface area contributed by atoms with Gasteiger partial charge in [-0.1, -0.05) is 19.9 Å². The summed E-state index contributed by atoms with van der Waals surface area (Å²) < 4.78 is 15.4. The van der Waals surface area contributed by atoms with Crippen molar-refractivity contribution in [1.29, 1.82) is 0 Å². The highest BCUT2D eigenvalue weighted by molar-refractivity contribution is 5.74. The van der Waals surface area contributed by atoms with E-state index in [-0.39, 0.29) is 29.3 Å². The van der Waals surface area contributed by atoms with Crippen LogP contribution in [0.2, 0.25) is 0 Å². The molecule has 3 rings (SSSR count). The highest BCUT2D eigenvalue weighted by atomic mass is 19.1. The van der Waals surface area contributed by atoms with Crippen LogP contribution in [-0.4, -0.2) is 21.9 Å². The number of benzene rings is 1. The van der Waals surface area contributed by atoms with Crippen molar-refractivity contribution in [2.24, 2.45) is 5.41 Å². The molecule has 1 aliphatic carbocycles. The molecule has 0 bridgehead atoms. The maximum atomic E-state index is 13.6. The fourth-order valence-electron chi connectivity index (χ4n) is 3.46. The predicted molar refractivity (Wildman–Crippen MR) is 95.2 cm³/mol. The molecular weight excluding hydrogens is 319 g/mol. The third-order valence-electron chi connectivity index (χ3n) is 4.46. The van der Waals surface area contributed by atoms with Gasteiger partial charge in [-0.05, 0) is 50.3 Å². The maximum Gasteiger partial charge on any atom is 0.315 e. The number of nitrogens with zero attached hydrogens (tertiary/aromatic N) is 2. The van der Waals surface area contributed by atoms with Crippen molar-refractivity contribution in [1.82, 2.24) is 20.4 Å². The lowest BCUT2D eigenvalue weighted by Crippen LogP contribution is -2.44. The highest BCUT2D eigenvalue weighted by Gasteiger charge is 2.36. The van der Waals surface area contributed by atoms with E-state index in [0.717, 1.165) is 24.1 Å². The minimum absolute atomic E-state index is 0.00782. The average Bonchev–Trinajstić information content (AvgIpc) is 2.88. The van der Waals surface area contributed by atoms with Crippen molar-refractivity contribution in [3.63, 3.8) is 0 Å². The molecule has 134 valence electrons. The van der Waals surface area contributed by atoms with Gasteiger partial charge in [-0.3, -0.25) is 0 Å². The number of amides is 2. The molecule has 0 spiro atoms. The third kappa shape index (κ3) is 3.83. The van der Waals surface area contributed by atoms with Gasteiger partial charge in [0.1, 0.15) is 5.82 Å². The van der Waals surface area contributed by atoms with E-state index in [1.54, 1.807) is 16.9 Å². The Bertz CT molecular complexity index is 781. The summed E-state index contributed by atoms with van der Waals surface area (Å²) in [5.74, 6) is -0.289. The van der Waals surface area contributed by atoms with Crippen LogP contribution in [0.25, 0.3) is 5.69 Å². The van der Waals surface area contributed by atoms with E-state index < -0.39 is 0 Å². The van der Waals surface area contributed by atoms with E-state index in [9.17, 15) is 9.18 Å². The fourth-order valence-corrected chi connectivity index (χ4v) is 3.46. The zero-order valence-corrected chi connectivity index (χ0v) is 15.1. The van der Waals surface area contributed by atoms with Crippen molar-refractivity contribution >= 4 is 6.03 Å². The van der Waals surface area contributed by atoms with Gasteiger partial charge >= 0.3 is 6.03 Å². The number of urea groups is 1. The molecule has 2 aromatic rings. The molecule has 1 aliphatic rings. The van der Waals surface area contributed by atoms with Gasteiger partial charge in [0.15, 0.2) is 0 Å². The van der Waals surface area contributed by atoms with Crippen LogP contribution in [0.3, 0.4) is 0 Å². The number of fused-ring (bicyclic) bond motifs is 1. The highest BCUT2D eigenvalue weighted by Crippen LogP contribution is 2.41. The molecule has 0 radical (unpaired) electrons. The smallest absolute Gasteiger partial charge is 0.315 e. The number of carbonyl (C=O) groups excluding carboxylic acids is 1. The summed E-state index contributed by atoms with van der Waals surface area (Å²) in [5, 5.41) is 10.4. The summed E-state index contributed by atoms with van der Waals surface area (Å²) in [5.41, 5.74) is 2.73. The van der Waals surface area contributed by atoms with Crippen molar-refractivity contribution in [2.75, 3.05) is 0 Å². The van der Waals surface area contributed by atoms with Crippen LogP contribution in [0, 0.1) is 11.2 Å². The Morgan fingerprint density at radius 2 is 2.16 bits per heavy atom. The largest absolute Gasteiger partial charge is 0.336 e. The number of carbonyl (C=O) groups is 1. The van der Waals surface area contributed by atoms with E-state index in [1.165, 1.54) is 12.1 Å². The molecule has 6 heteroatoms. The molecule has 0 aliphatic heterocycles. The first-order valence-electron chi connectivity index (χ1n) is 8.65. The molecule has 1 aromatic heterocycles. The Labute approximate surface area is 147 Å². The van der Waals surface area contributed by atoms with Crippen molar-refractivity contribution in [3.8, 4) is 5.69 Å². The van der Waals surface area contributed by atoms with Gasteiger partial charge < -0.3 is 10.6 Å². The molecule has 1 atom stereocenters. The monoisotopic (exact) mass is 344 g/mol. The average molecular weight is 344 g/mol. The molecule has 1 aromatic carbocycles. The van der Waals surface area contributed by atoms with E-state index >= 15 is 0 Å². The van der Waals surface area contributed by atoms with Crippen molar-refractivity contribution in [3.05, 3.63) is 47.5 Å². The normalized spacial score (nSPS) is 18.7. The van der Waals surface area contributed by atoms with Crippen LogP contribution in [0.1, 0.15) is 51.4 Å². The quantitative estimate of drug-likeness (QED) is 0.891. The minimum Gasteiger partial charge on any atom is -0.336 e. The van der Waals surface area contributed by atoms with E-state index in [4.69, 9.17) is 0 Å². The van der Waals surface area contributed by atoms with Gasteiger partial charge in [0.05, 0.1) is 23.6 Å². The number of hydrogen-bond donors (Lipinski definition) is 2. The second-order valence-corrected chi connectivity index (χ2v) is 7.81. The molecule has 0 unspecified atom stereocenters. The molecule has 25 heavy (non-hydrogen) atoms. The summed E-state index contributed by atoms with van der Waals surface area (Å²) >= 11 is 0. The summed E-state index contributed by atoms with van der Waals surface area (Å²) in [4.78, 5) is 12.2. The number of nitrogens with one attached hydrogen (secondary N) is 2. The standard InChI is InChI=1S/C19H25FN4O/c1-12(2)22-18(25)23-16-9-19(3,4)10-17-15(16)11-21-24(17)14-7-5-6-13(20)8-14/h5-8,11-12,16H,9-10H2,1-4H3,(H2,22,23,25)/t16-/m1/s1. The van der Waals surface area contributed by atoms with E-state index in [2.05, 4.69) is 29.6 Å².